The van der Waals surface area contributed by atoms with E-state index in [1.165, 1.54) is 5.56 Å². The summed E-state index contributed by atoms with van der Waals surface area (Å²) in [5.41, 5.74) is 1.20. The molecule has 6 heteroatoms. The topological polar surface area (TPSA) is 55.8 Å². The highest BCUT2D eigenvalue weighted by molar-refractivity contribution is 7.86. The summed E-state index contributed by atoms with van der Waals surface area (Å²) in [4.78, 5) is 2.60. The smallest absolute Gasteiger partial charge is 0.296 e. The molecule has 0 N–H and O–H groups in total. The quantitative estimate of drug-likeness (QED) is 0.470. The molecule has 28 heavy (non-hydrogen) atoms. The largest absolute Gasteiger partial charge is 0.494 e. The molecule has 0 amide bonds. The lowest BCUT2D eigenvalue weighted by atomic mass is 9.99. The highest BCUT2D eigenvalue weighted by Gasteiger charge is 2.23. The lowest BCUT2D eigenvalue weighted by Gasteiger charge is -2.32. The molecular formula is C22H29NO4S. The summed E-state index contributed by atoms with van der Waals surface area (Å²) in [5.74, 6) is 1.15. The van der Waals surface area contributed by atoms with Crippen LogP contribution in [0.5, 0.6) is 5.75 Å². The first-order valence-electron chi connectivity index (χ1n) is 9.89. The number of aryl methyl sites for hydroxylation is 1. The number of ether oxygens (including phenoxy) is 1. The Morgan fingerprint density at radius 3 is 2.71 bits per heavy atom. The van der Waals surface area contributed by atoms with E-state index in [9.17, 15) is 8.42 Å². The predicted octanol–water partition coefficient (Wildman–Crippen LogP) is 3.88. The molecule has 1 aliphatic heterocycles. The Morgan fingerprint density at radius 1 is 1.11 bits per heavy atom. The second-order valence-corrected chi connectivity index (χ2v) is 8.99. The van der Waals surface area contributed by atoms with Crippen molar-refractivity contribution in [2.24, 2.45) is 5.92 Å². The van der Waals surface area contributed by atoms with Gasteiger partial charge in [-0.05, 0) is 68.5 Å². The van der Waals surface area contributed by atoms with Gasteiger partial charge in [0.15, 0.2) is 0 Å². The van der Waals surface area contributed by atoms with E-state index in [1.807, 2.05) is 18.2 Å². The lowest BCUT2D eigenvalue weighted by molar-refractivity contribution is 0.126. The van der Waals surface area contributed by atoms with Crippen molar-refractivity contribution in [3.05, 3.63) is 60.2 Å². The van der Waals surface area contributed by atoms with E-state index in [0.717, 1.165) is 44.6 Å². The van der Waals surface area contributed by atoms with Crippen LogP contribution in [0.1, 0.15) is 24.8 Å². The summed E-state index contributed by atoms with van der Waals surface area (Å²) in [7, 11) is -3.67. The second-order valence-electron chi connectivity index (χ2n) is 7.38. The van der Waals surface area contributed by atoms with Crippen molar-refractivity contribution in [3.8, 4) is 5.75 Å². The lowest BCUT2D eigenvalue weighted by Crippen LogP contribution is -2.38. The standard InChI is InChI=1S/C22H29NO4S/c1-19-8-5-10-21(16-19)26-15-7-14-23-13-6-9-20(17-23)18-27-28(24,25)22-11-3-2-4-12-22/h2-5,8,10-12,16,20H,6-7,9,13-15,17-18H2,1H3. The second kappa shape index (κ2) is 10.0. The zero-order chi connectivity index (χ0) is 19.8. The molecule has 0 aromatic heterocycles. The van der Waals surface area contributed by atoms with Gasteiger partial charge >= 0.3 is 0 Å². The van der Waals surface area contributed by atoms with E-state index < -0.39 is 10.1 Å². The van der Waals surface area contributed by atoms with E-state index in [0.29, 0.717) is 6.61 Å². The summed E-state index contributed by atoms with van der Waals surface area (Å²) in [5, 5.41) is 0. The Balaban J connectivity index is 1.39. The van der Waals surface area contributed by atoms with Crippen LogP contribution in [0.25, 0.3) is 0 Å². The number of nitrogens with zero attached hydrogens (tertiary/aromatic N) is 1. The highest BCUT2D eigenvalue weighted by atomic mass is 32.2. The number of hydrogen-bond acceptors (Lipinski definition) is 5. The van der Waals surface area contributed by atoms with Gasteiger partial charge < -0.3 is 9.64 Å². The van der Waals surface area contributed by atoms with Gasteiger partial charge in [-0.15, -0.1) is 0 Å². The first-order chi connectivity index (χ1) is 13.5. The van der Waals surface area contributed by atoms with Crippen LogP contribution in [0.2, 0.25) is 0 Å². The van der Waals surface area contributed by atoms with Gasteiger partial charge in [0, 0.05) is 13.1 Å². The van der Waals surface area contributed by atoms with Crippen molar-refractivity contribution >= 4 is 10.1 Å². The predicted molar refractivity (Wildman–Crippen MR) is 110 cm³/mol. The zero-order valence-electron chi connectivity index (χ0n) is 16.4. The molecule has 1 aliphatic rings. The molecule has 0 spiro atoms. The van der Waals surface area contributed by atoms with Gasteiger partial charge in [-0.3, -0.25) is 4.18 Å². The summed E-state index contributed by atoms with van der Waals surface area (Å²) >= 11 is 0. The van der Waals surface area contributed by atoms with Gasteiger partial charge in [-0.1, -0.05) is 30.3 Å². The first-order valence-corrected chi connectivity index (χ1v) is 11.3. The molecule has 2 aromatic rings. The minimum absolute atomic E-state index is 0.218. The summed E-state index contributed by atoms with van der Waals surface area (Å²) in [6, 6.07) is 16.4. The molecule has 0 radical (unpaired) electrons. The third kappa shape index (κ3) is 6.33. The molecule has 1 unspecified atom stereocenters. The van der Waals surface area contributed by atoms with Crippen molar-refractivity contribution < 1.29 is 17.3 Å². The first kappa shape index (κ1) is 20.8. The molecule has 5 nitrogen and oxygen atoms in total. The number of hydrogen-bond donors (Lipinski definition) is 0. The summed E-state index contributed by atoms with van der Waals surface area (Å²) in [6.45, 7) is 5.85. The van der Waals surface area contributed by atoms with Gasteiger partial charge in [0.05, 0.1) is 18.1 Å². The third-order valence-electron chi connectivity index (χ3n) is 4.97. The minimum atomic E-state index is -3.67. The molecule has 1 fully saturated rings. The van der Waals surface area contributed by atoms with Gasteiger partial charge in [0.1, 0.15) is 5.75 Å². The monoisotopic (exact) mass is 403 g/mol. The van der Waals surface area contributed by atoms with Crippen LogP contribution in [-0.2, 0) is 14.3 Å². The van der Waals surface area contributed by atoms with E-state index >= 15 is 0 Å². The van der Waals surface area contributed by atoms with Crippen LogP contribution in [0, 0.1) is 12.8 Å². The van der Waals surface area contributed by atoms with Crippen LogP contribution < -0.4 is 4.74 Å². The molecule has 0 saturated carbocycles. The molecule has 152 valence electrons. The van der Waals surface area contributed by atoms with Gasteiger partial charge in [-0.25, -0.2) is 0 Å². The van der Waals surface area contributed by atoms with Crippen LogP contribution in [0.15, 0.2) is 59.5 Å². The fraction of sp³-hybridized carbons (Fsp3) is 0.455. The fourth-order valence-corrected chi connectivity index (χ4v) is 4.51. The van der Waals surface area contributed by atoms with E-state index in [2.05, 4.69) is 17.9 Å². The molecule has 1 atom stereocenters. The molecule has 0 bridgehead atoms. The maximum Gasteiger partial charge on any atom is 0.296 e. The minimum Gasteiger partial charge on any atom is -0.494 e. The Hall–Kier alpha value is -1.89. The fourth-order valence-electron chi connectivity index (χ4n) is 3.51. The van der Waals surface area contributed by atoms with E-state index in [4.69, 9.17) is 8.92 Å². The van der Waals surface area contributed by atoms with Crippen LogP contribution in [0.4, 0.5) is 0 Å². The SMILES string of the molecule is Cc1cccc(OCCCN2CCCC(COS(=O)(=O)c3ccccc3)C2)c1. The Kier molecular flexibility index (Phi) is 7.48. The average Bonchev–Trinajstić information content (AvgIpc) is 2.71. The number of likely N-dealkylation sites (tertiary alicyclic amines) is 1. The molecule has 1 heterocycles. The van der Waals surface area contributed by atoms with E-state index in [-0.39, 0.29) is 17.4 Å². The molecule has 0 aliphatic carbocycles. The zero-order valence-corrected chi connectivity index (χ0v) is 17.2. The van der Waals surface area contributed by atoms with Gasteiger partial charge in [0.25, 0.3) is 10.1 Å². The molecule has 2 aromatic carbocycles. The average molecular weight is 404 g/mol. The Bertz CT molecular complexity index is 839. The Morgan fingerprint density at radius 2 is 1.93 bits per heavy atom. The number of benzene rings is 2. The van der Waals surface area contributed by atoms with E-state index in [1.54, 1.807) is 30.3 Å². The van der Waals surface area contributed by atoms with Crippen molar-refractivity contribution in [3.63, 3.8) is 0 Å². The maximum atomic E-state index is 12.3. The number of piperidine rings is 1. The third-order valence-corrected chi connectivity index (χ3v) is 6.27. The molecule has 3 rings (SSSR count). The van der Waals surface area contributed by atoms with Crippen molar-refractivity contribution in [1.29, 1.82) is 0 Å². The van der Waals surface area contributed by atoms with Crippen LogP contribution in [-0.4, -0.2) is 46.2 Å². The normalized spacial score (nSPS) is 18.1. The van der Waals surface area contributed by atoms with Gasteiger partial charge in [-0.2, -0.15) is 8.42 Å². The van der Waals surface area contributed by atoms with Crippen LogP contribution >= 0.6 is 0 Å². The highest BCUT2D eigenvalue weighted by Crippen LogP contribution is 2.20. The molecule has 1 saturated heterocycles. The maximum absolute atomic E-state index is 12.3. The molecular weight excluding hydrogens is 374 g/mol. The van der Waals surface area contributed by atoms with Crippen molar-refractivity contribution in [2.75, 3.05) is 32.8 Å². The summed E-state index contributed by atoms with van der Waals surface area (Å²) in [6.07, 6.45) is 3.02. The van der Waals surface area contributed by atoms with Crippen molar-refractivity contribution in [1.82, 2.24) is 4.90 Å². The Labute approximate surface area is 168 Å². The van der Waals surface area contributed by atoms with Crippen molar-refractivity contribution in [2.45, 2.75) is 31.1 Å². The summed E-state index contributed by atoms with van der Waals surface area (Å²) < 4.78 is 35.7. The van der Waals surface area contributed by atoms with Gasteiger partial charge in [0.2, 0.25) is 0 Å². The van der Waals surface area contributed by atoms with Crippen LogP contribution in [0.3, 0.4) is 0 Å². The number of rotatable bonds is 9.